The van der Waals surface area contributed by atoms with Gasteiger partial charge in [-0.25, -0.2) is 4.98 Å². The molecule has 3 N–H and O–H groups in total. The number of pyridine rings is 1. The highest BCUT2D eigenvalue weighted by atomic mass is 35.5. The lowest BCUT2D eigenvalue weighted by Gasteiger charge is -2.45. The zero-order chi connectivity index (χ0) is 36.6. The van der Waals surface area contributed by atoms with E-state index in [0.717, 1.165) is 50.8 Å². The Balaban J connectivity index is 1.16. The number of amides is 1. The summed E-state index contributed by atoms with van der Waals surface area (Å²) in [6, 6.07) is 22.2. The maximum Gasteiger partial charge on any atom is 0.311 e. The number of carboxylic acids is 1. The maximum atomic E-state index is 11.6. The SMILES string of the molecule is COc1cc(-n2ccc3c(-c4cccc(-c5ccc(CNC[C@@H]6CCC(=O)N6)c(OC)n5)c4Cl)cccc32)cc(OC)c1CN1CC(C)(C(=O)O)C1. The molecule has 2 saturated heterocycles. The average Bonchev–Trinajstić information content (AvgIpc) is 3.77. The summed E-state index contributed by atoms with van der Waals surface area (Å²) in [6.07, 6.45) is 3.43. The molecule has 0 unspecified atom stereocenters. The van der Waals surface area contributed by atoms with Gasteiger partial charge in [0, 0.05) is 85.6 Å². The monoisotopic (exact) mass is 723 g/mol. The molecule has 11 nitrogen and oxygen atoms in total. The molecule has 52 heavy (non-hydrogen) atoms. The van der Waals surface area contributed by atoms with Gasteiger partial charge in [-0.3, -0.25) is 14.5 Å². The number of ether oxygens (including phenoxy) is 3. The molecule has 2 aliphatic rings. The van der Waals surface area contributed by atoms with Crippen molar-refractivity contribution in [2.75, 3.05) is 41.0 Å². The second-order valence-corrected chi connectivity index (χ2v) is 14.1. The Labute approximate surface area is 307 Å². The molecule has 1 atom stereocenters. The number of carboxylic acid groups (broad SMARTS) is 1. The van der Waals surface area contributed by atoms with Crippen LogP contribution in [0.2, 0.25) is 5.02 Å². The third kappa shape index (κ3) is 6.67. The van der Waals surface area contributed by atoms with Gasteiger partial charge in [-0.2, -0.15) is 0 Å². The second-order valence-electron chi connectivity index (χ2n) is 13.7. The Morgan fingerprint density at radius 3 is 2.38 bits per heavy atom. The van der Waals surface area contributed by atoms with Crippen molar-refractivity contribution >= 4 is 34.4 Å². The molecule has 7 rings (SSSR count). The summed E-state index contributed by atoms with van der Waals surface area (Å²) < 4.78 is 19.5. The standard InChI is InChI=1S/C40H42ClN5O6/c1-40(39(48)49)22-45(23-40)21-31-34(50-2)17-26(18-35(31)51-3)46-16-15-28-27(7-6-10-33(28)46)29-8-5-9-30(37(29)41)32-13-11-24(38(44-32)52-4)19-42-20-25-12-14-36(47)43-25/h5-11,13,15-18,25,42H,12,14,19-23H2,1-4H3,(H,43,47)(H,48,49)/t25-/m0/s1. The molecule has 0 aliphatic carbocycles. The summed E-state index contributed by atoms with van der Waals surface area (Å²) in [6.45, 7) is 4.44. The number of rotatable bonds is 13. The number of nitrogens with one attached hydrogen (secondary N) is 2. The summed E-state index contributed by atoms with van der Waals surface area (Å²) in [5.41, 5.74) is 6.22. The molecule has 2 aromatic heterocycles. The van der Waals surface area contributed by atoms with Gasteiger partial charge in [-0.05, 0) is 37.1 Å². The lowest BCUT2D eigenvalue weighted by Crippen LogP contribution is -2.58. The highest BCUT2D eigenvalue weighted by Gasteiger charge is 2.45. The highest BCUT2D eigenvalue weighted by Crippen LogP contribution is 2.42. The van der Waals surface area contributed by atoms with Crippen LogP contribution in [-0.4, -0.2) is 78.4 Å². The first-order chi connectivity index (χ1) is 25.1. The van der Waals surface area contributed by atoms with Crippen LogP contribution in [0.25, 0.3) is 39.0 Å². The minimum Gasteiger partial charge on any atom is -0.496 e. The van der Waals surface area contributed by atoms with Gasteiger partial charge in [0.2, 0.25) is 11.8 Å². The van der Waals surface area contributed by atoms with Crippen LogP contribution in [0, 0.1) is 5.41 Å². The van der Waals surface area contributed by atoms with Crippen molar-refractivity contribution in [3.8, 4) is 45.5 Å². The number of carbonyl (C=O) groups excluding carboxylic acids is 1. The minimum atomic E-state index is -0.784. The number of carbonyl (C=O) groups is 2. The number of benzene rings is 3. The molecule has 0 radical (unpaired) electrons. The van der Waals surface area contributed by atoms with E-state index in [2.05, 4.69) is 38.3 Å². The van der Waals surface area contributed by atoms with Crippen LogP contribution in [0.5, 0.6) is 17.4 Å². The molecule has 3 aromatic carbocycles. The molecular weight excluding hydrogens is 682 g/mol. The Hall–Kier alpha value is -5.10. The Morgan fingerprint density at radius 2 is 1.71 bits per heavy atom. The number of hydrogen-bond acceptors (Lipinski definition) is 8. The highest BCUT2D eigenvalue weighted by molar-refractivity contribution is 6.36. The van der Waals surface area contributed by atoms with E-state index < -0.39 is 11.4 Å². The summed E-state index contributed by atoms with van der Waals surface area (Å²) >= 11 is 7.19. The van der Waals surface area contributed by atoms with Crippen molar-refractivity contribution in [2.45, 2.75) is 38.9 Å². The number of halogens is 1. The smallest absolute Gasteiger partial charge is 0.311 e. The maximum absolute atomic E-state index is 11.6. The molecule has 0 bridgehead atoms. The van der Waals surface area contributed by atoms with Gasteiger partial charge in [0.15, 0.2) is 0 Å². The number of aliphatic carboxylic acids is 1. The van der Waals surface area contributed by atoms with Crippen LogP contribution in [0.3, 0.4) is 0 Å². The molecule has 4 heterocycles. The van der Waals surface area contributed by atoms with Crippen LogP contribution < -0.4 is 24.8 Å². The van der Waals surface area contributed by atoms with E-state index in [4.69, 9.17) is 30.8 Å². The predicted molar refractivity (Wildman–Crippen MR) is 200 cm³/mol. The Morgan fingerprint density at radius 1 is 1.00 bits per heavy atom. The van der Waals surface area contributed by atoms with Gasteiger partial charge in [0.1, 0.15) is 11.5 Å². The Kier molecular flexibility index (Phi) is 9.84. The largest absolute Gasteiger partial charge is 0.496 e. The number of fused-ring (bicyclic) bond motifs is 1. The van der Waals surface area contributed by atoms with Crippen molar-refractivity contribution in [3.05, 3.63) is 89.1 Å². The summed E-state index contributed by atoms with van der Waals surface area (Å²) in [5.74, 6) is 1.16. The first-order valence-electron chi connectivity index (χ1n) is 17.3. The van der Waals surface area contributed by atoms with Gasteiger partial charge in [0.05, 0.1) is 54.2 Å². The molecule has 2 aliphatic heterocycles. The van der Waals surface area contributed by atoms with E-state index in [1.807, 2.05) is 54.7 Å². The van der Waals surface area contributed by atoms with Crippen molar-refractivity contribution in [3.63, 3.8) is 0 Å². The van der Waals surface area contributed by atoms with Crippen molar-refractivity contribution < 1.29 is 28.9 Å². The van der Waals surface area contributed by atoms with Crippen molar-refractivity contribution in [2.24, 2.45) is 5.41 Å². The van der Waals surface area contributed by atoms with E-state index in [1.165, 1.54) is 0 Å². The van der Waals surface area contributed by atoms with Crippen molar-refractivity contribution in [1.82, 2.24) is 25.1 Å². The van der Waals surface area contributed by atoms with E-state index >= 15 is 0 Å². The zero-order valence-corrected chi connectivity index (χ0v) is 30.4. The van der Waals surface area contributed by atoms with Crippen LogP contribution in [0.4, 0.5) is 0 Å². The van der Waals surface area contributed by atoms with Gasteiger partial charge in [-0.15, -0.1) is 0 Å². The number of likely N-dealkylation sites (tertiary alicyclic amines) is 1. The number of nitrogens with zero attached hydrogens (tertiary/aromatic N) is 3. The lowest BCUT2D eigenvalue weighted by atomic mass is 9.82. The second kappa shape index (κ2) is 14.5. The van der Waals surface area contributed by atoms with Crippen LogP contribution in [0.15, 0.2) is 72.9 Å². The third-order valence-corrected chi connectivity index (χ3v) is 10.5. The quantitative estimate of drug-likeness (QED) is 0.128. The fraction of sp³-hybridized carbons (Fsp3) is 0.325. The molecule has 12 heteroatoms. The van der Waals surface area contributed by atoms with Crippen molar-refractivity contribution in [1.29, 1.82) is 0 Å². The van der Waals surface area contributed by atoms with E-state index in [1.54, 1.807) is 28.3 Å². The molecule has 0 saturated carbocycles. The minimum absolute atomic E-state index is 0.0999. The average molecular weight is 724 g/mol. The molecule has 2 fully saturated rings. The van der Waals surface area contributed by atoms with Gasteiger partial charge < -0.3 is 34.5 Å². The van der Waals surface area contributed by atoms with E-state index in [0.29, 0.717) is 67.2 Å². The molecular formula is C40H42ClN5O6. The molecule has 1 amide bonds. The normalized spacial score (nSPS) is 16.8. The summed E-state index contributed by atoms with van der Waals surface area (Å²) in [4.78, 5) is 30.1. The molecule has 270 valence electrons. The number of hydrogen-bond donors (Lipinski definition) is 3. The van der Waals surface area contributed by atoms with Crippen LogP contribution >= 0.6 is 11.6 Å². The first kappa shape index (κ1) is 35.3. The zero-order valence-electron chi connectivity index (χ0n) is 29.7. The fourth-order valence-corrected chi connectivity index (χ4v) is 7.71. The summed E-state index contributed by atoms with van der Waals surface area (Å²) in [7, 11) is 4.88. The molecule has 5 aromatic rings. The summed E-state index contributed by atoms with van der Waals surface area (Å²) in [5, 5.41) is 17.5. The number of methoxy groups -OCH3 is 3. The molecule has 0 spiro atoms. The van der Waals surface area contributed by atoms with E-state index in [9.17, 15) is 14.7 Å². The Bertz CT molecular complexity index is 2140. The topological polar surface area (TPSA) is 127 Å². The van der Waals surface area contributed by atoms with E-state index in [-0.39, 0.29) is 11.9 Å². The fourth-order valence-electron chi connectivity index (χ4n) is 7.38. The first-order valence-corrected chi connectivity index (χ1v) is 17.6. The van der Waals surface area contributed by atoms with Gasteiger partial charge >= 0.3 is 5.97 Å². The van der Waals surface area contributed by atoms with Gasteiger partial charge in [-0.1, -0.05) is 48.0 Å². The van der Waals surface area contributed by atoms with Gasteiger partial charge in [0.25, 0.3) is 0 Å². The van der Waals surface area contributed by atoms with Crippen LogP contribution in [-0.2, 0) is 22.7 Å². The number of aromatic nitrogens is 2. The van der Waals surface area contributed by atoms with Crippen LogP contribution in [0.1, 0.15) is 30.9 Å². The predicted octanol–water partition coefficient (Wildman–Crippen LogP) is 6.31. The third-order valence-electron chi connectivity index (χ3n) is 10.1. The lowest BCUT2D eigenvalue weighted by molar-refractivity contribution is -0.159.